The number of ether oxygens (including phenoxy) is 3. The monoisotopic (exact) mass is 400 g/mol. The molecule has 0 N–H and O–H groups in total. The summed E-state index contributed by atoms with van der Waals surface area (Å²) in [6.07, 6.45) is 10.5. The average molecular weight is 401 g/mol. The first kappa shape index (κ1) is 22.2. The van der Waals surface area contributed by atoms with E-state index in [1.165, 1.54) is 32.1 Å². The Hall–Kier alpha value is -0.520. The maximum atomic E-state index is 12.3. The van der Waals surface area contributed by atoms with Crippen LogP contribution in [0.5, 0.6) is 0 Å². The van der Waals surface area contributed by atoms with Crippen LogP contribution >= 0.6 is 0 Å². The van der Waals surface area contributed by atoms with Gasteiger partial charge in [-0.2, -0.15) is 8.78 Å². The Morgan fingerprint density at radius 3 is 2.07 bits per heavy atom. The smallest absolute Gasteiger partial charge is 0.266 e. The van der Waals surface area contributed by atoms with Gasteiger partial charge in [-0.25, -0.2) is 0 Å². The Morgan fingerprint density at radius 1 is 0.857 bits per heavy atom. The molecule has 1 aliphatic heterocycles. The molecular weight excluding hydrogens is 362 g/mol. The third-order valence-corrected chi connectivity index (χ3v) is 7.26. The van der Waals surface area contributed by atoms with Crippen molar-refractivity contribution in [2.45, 2.75) is 77.4 Å². The van der Waals surface area contributed by atoms with E-state index in [0.717, 1.165) is 70.0 Å². The van der Waals surface area contributed by atoms with E-state index in [1.54, 1.807) is 0 Å². The zero-order valence-electron chi connectivity index (χ0n) is 17.4. The first-order valence-corrected chi connectivity index (χ1v) is 11.5. The van der Waals surface area contributed by atoms with Crippen molar-refractivity contribution < 1.29 is 23.0 Å². The molecule has 0 atom stereocenters. The first-order valence-electron chi connectivity index (χ1n) is 11.5. The van der Waals surface area contributed by atoms with Gasteiger partial charge in [0, 0.05) is 25.0 Å². The summed E-state index contributed by atoms with van der Waals surface area (Å²) in [5, 5.41) is 0. The lowest BCUT2D eigenvalue weighted by Gasteiger charge is -2.41. The summed E-state index contributed by atoms with van der Waals surface area (Å²) in [6, 6.07) is 0. The fraction of sp³-hybridized carbons (Fsp3) is 0.913. The van der Waals surface area contributed by atoms with Crippen LogP contribution in [0.15, 0.2) is 12.2 Å². The second-order valence-electron chi connectivity index (χ2n) is 9.07. The number of hydrogen-bond donors (Lipinski definition) is 0. The van der Waals surface area contributed by atoms with Crippen molar-refractivity contribution >= 4 is 0 Å². The van der Waals surface area contributed by atoms with Crippen molar-refractivity contribution in [1.82, 2.24) is 0 Å². The zero-order valence-corrected chi connectivity index (χ0v) is 17.4. The maximum Gasteiger partial charge on any atom is 0.266 e. The van der Waals surface area contributed by atoms with E-state index in [-0.39, 0.29) is 6.29 Å². The second-order valence-corrected chi connectivity index (χ2v) is 9.07. The third-order valence-electron chi connectivity index (χ3n) is 7.26. The molecule has 162 valence electrons. The molecule has 5 heteroatoms. The Morgan fingerprint density at radius 2 is 1.46 bits per heavy atom. The predicted molar refractivity (Wildman–Crippen MR) is 106 cm³/mol. The van der Waals surface area contributed by atoms with Gasteiger partial charge in [0.1, 0.15) is 0 Å². The SMILES string of the molecule is CCOCCC1CCC(C2COC(C3CCC(CC=C(F)F)CC3)OC2)CC1. The summed E-state index contributed by atoms with van der Waals surface area (Å²) in [4.78, 5) is 0. The van der Waals surface area contributed by atoms with E-state index in [0.29, 0.717) is 24.2 Å². The Labute approximate surface area is 169 Å². The number of halogens is 2. The molecule has 3 fully saturated rings. The molecule has 0 aromatic carbocycles. The summed E-state index contributed by atoms with van der Waals surface area (Å²) in [7, 11) is 0. The van der Waals surface area contributed by atoms with Crippen molar-refractivity contribution in [2.24, 2.45) is 29.6 Å². The standard InChI is InChI=1S/C23H38F2O3/c1-2-26-14-13-18-3-8-19(9-4-18)21-15-27-23(28-16-21)20-10-5-17(6-11-20)7-12-22(24)25/h12,17-21,23H,2-11,13-16H2,1H3. The topological polar surface area (TPSA) is 27.7 Å². The molecule has 0 radical (unpaired) electrons. The van der Waals surface area contributed by atoms with Crippen LogP contribution in [0.1, 0.15) is 71.1 Å². The van der Waals surface area contributed by atoms with E-state index in [4.69, 9.17) is 14.2 Å². The fourth-order valence-corrected chi connectivity index (χ4v) is 5.37. The van der Waals surface area contributed by atoms with Crippen LogP contribution in [0, 0.1) is 29.6 Å². The fourth-order valence-electron chi connectivity index (χ4n) is 5.37. The second kappa shape index (κ2) is 11.6. The Balaban J connectivity index is 1.32. The molecular formula is C23H38F2O3. The van der Waals surface area contributed by atoms with Crippen molar-refractivity contribution in [3.63, 3.8) is 0 Å². The van der Waals surface area contributed by atoms with Crippen molar-refractivity contribution in [1.29, 1.82) is 0 Å². The predicted octanol–water partition coefficient (Wildman–Crippen LogP) is 6.19. The van der Waals surface area contributed by atoms with Gasteiger partial charge >= 0.3 is 0 Å². The quantitative estimate of drug-likeness (QED) is 0.455. The van der Waals surface area contributed by atoms with E-state index in [2.05, 4.69) is 6.92 Å². The zero-order chi connectivity index (χ0) is 19.8. The minimum atomic E-state index is -1.55. The largest absolute Gasteiger partial charge is 0.382 e. The Bertz CT molecular complexity index is 456. The minimum absolute atomic E-state index is 0.0758. The highest BCUT2D eigenvalue weighted by molar-refractivity contribution is 4.86. The third kappa shape index (κ3) is 6.77. The van der Waals surface area contributed by atoms with Gasteiger partial charge in [0.2, 0.25) is 0 Å². The highest BCUT2D eigenvalue weighted by Gasteiger charge is 2.35. The number of rotatable bonds is 8. The van der Waals surface area contributed by atoms with Gasteiger partial charge in [-0.15, -0.1) is 0 Å². The summed E-state index contributed by atoms with van der Waals surface area (Å²) < 4.78 is 42.3. The summed E-state index contributed by atoms with van der Waals surface area (Å²) in [6.45, 7) is 5.44. The molecule has 1 heterocycles. The van der Waals surface area contributed by atoms with Gasteiger partial charge in [-0.3, -0.25) is 0 Å². The van der Waals surface area contributed by atoms with Crippen LogP contribution in [0.3, 0.4) is 0 Å². The molecule has 3 nitrogen and oxygen atoms in total. The number of allylic oxidation sites excluding steroid dienone is 1. The molecule has 0 aromatic rings. The van der Waals surface area contributed by atoms with Gasteiger partial charge in [0.05, 0.1) is 13.2 Å². The van der Waals surface area contributed by atoms with Crippen LogP contribution < -0.4 is 0 Å². The van der Waals surface area contributed by atoms with Crippen molar-refractivity contribution in [3.05, 3.63) is 12.2 Å². The van der Waals surface area contributed by atoms with E-state index < -0.39 is 6.08 Å². The molecule has 0 spiro atoms. The number of hydrogen-bond acceptors (Lipinski definition) is 3. The van der Waals surface area contributed by atoms with Gasteiger partial charge < -0.3 is 14.2 Å². The molecule has 28 heavy (non-hydrogen) atoms. The maximum absolute atomic E-state index is 12.3. The van der Waals surface area contributed by atoms with Gasteiger partial charge in [0.15, 0.2) is 6.29 Å². The van der Waals surface area contributed by atoms with Crippen molar-refractivity contribution in [3.8, 4) is 0 Å². The summed E-state index contributed by atoms with van der Waals surface area (Å²) >= 11 is 0. The molecule has 1 saturated heterocycles. The van der Waals surface area contributed by atoms with E-state index in [9.17, 15) is 8.78 Å². The van der Waals surface area contributed by atoms with Crippen LogP contribution in [-0.4, -0.2) is 32.7 Å². The molecule has 0 aromatic heterocycles. The molecule has 3 aliphatic rings. The Kier molecular flexibility index (Phi) is 9.19. The van der Waals surface area contributed by atoms with Crippen LogP contribution in [0.4, 0.5) is 8.78 Å². The first-order chi connectivity index (χ1) is 13.7. The molecule has 2 aliphatic carbocycles. The molecule has 0 amide bonds. The highest BCUT2D eigenvalue weighted by atomic mass is 19.3. The van der Waals surface area contributed by atoms with Crippen LogP contribution in [0.25, 0.3) is 0 Å². The molecule has 2 saturated carbocycles. The minimum Gasteiger partial charge on any atom is -0.382 e. The lowest BCUT2D eigenvalue weighted by Crippen LogP contribution is -2.41. The van der Waals surface area contributed by atoms with Gasteiger partial charge in [0.25, 0.3) is 6.08 Å². The molecule has 3 rings (SSSR count). The van der Waals surface area contributed by atoms with Gasteiger partial charge in [-0.1, -0.05) is 12.8 Å². The lowest BCUT2D eigenvalue weighted by atomic mass is 9.75. The summed E-state index contributed by atoms with van der Waals surface area (Å²) in [5.41, 5.74) is 0. The average Bonchev–Trinajstić information content (AvgIpc) is 2.73. The van der Waals surface area contributed by atoms with E-state index >= 15 is 0 Å². The summed E-state index contributed by atoms with van der Waals surface area (Å²) in [5.74, 6) is 2.94. The molecule has 0 unspecified atom stereocenters. The highest BCUT2D eigenvalue weighted by Crippen LogP contribution is 2.39. The molecule has 0 bridgehead atoms. The lowest BCUT2D eigenvalue weighted by molar-refractivity contribution is -0.237. The van der Waals surface area contributed by atoms with Gasteiger partial charge in [-0.05, 0) is 82.1 Å². The van der Waals surface area contributed by atoms with Crippen molar-refractivity contribution in [2.75, 3.05) is 26.4 Å². The van der Waals surface area contributed by atoms with Crippen LogP contribution in [0.2, 0.25) is 0 Å². The van der Waals surface area contributed by atoms with E-state index in [1.807, 2.05) is 0 Å². The van der Waals surface area contributed by atoms with Crippen LogP contribution in [-0.2, 0) is 14.2 Å². The normalized spacial score (nSPS) is 36.8.